The Hall–Kier alpha value is -3.39. The minimum atomic E-state index is -0.718. The minimum Gasteiger partial charge on any atom is -0.472 e. The van der Waals surface area contributed by atoms with Gasteiger partial charge in [-0.3, -0.25) is 15.7 Å². The maximum absolute atomic E-state index is 13.4. The maximum atomic E-state index is 13.4. The molecule has 0 unspecified atom stereocenters. The molecule has 5 nitrogen and oxygen atoms in total. The molecular formula is C21H18F3N3O2. The largest absolute Gasteiger partial charge is 0.472 e. The number of rotatable bonds is 6. The molecule has 0 saturated carbocycles. The molecular weight excluding hydrogens is 383 g/mol. The lowest BCUT2D eigenvalue weighted by molar-refractivity contribution is 0.233. The third-order valence-corrected chi connectivity index (χ3v) is 3.97. The van der Waals surface area contributed by atoms with Crippen molar-refractivity contribution < 1.29 is 23.1 Å². The van der Waals surface area contributed by atoms with Crippen LogP contribution in [0.4, 0.5) is 13.2 Å². The van der Waals surface area contributed by atoms with E-state index in [0.717, 1.165) is 18.2 Å². The van der Waals surface area contributed by atoms with Crippen LogP contribution in [0.3, 0.4) is 0 Å². The van der Waals surface area contributed by atoms with E-state index in [4.69, 9.17) is 4.74 Å². The second-order valence-corrected chi connectivity index (χ2v) is 6.28. The average Bonchev–Trinajstić information content (AvgIpc) is 2.67. The summed E-state index contributed by atoms with van der Waals surface area (Å²) in [7, 11) is 0. The first-order valence-corrected chi connectivity index (χ1v) is 8.69. The number of aromatic nitrogens is 1. The second kappa shape index (κ2) is 9.20. The highest BCUT2D eigenvalue weighted by molar-refractivity contribution is 6.00. The molecule has 0 spiro atoms. The average molecular weight is 401 g/mol. The zero-order valence-electron chi connectivity index (χ0n) is 15.5. The van der Waals surface area contributed by atoms with Crippen molar-refractivity contribution in [1.29, 1.82) is 0 Å². The van der Waals surface area contributed by atoms with Crippen LogP contribution in [0.1, 0.15) is 22.4 Å². The molecule has 0 bridgehead atoms. The molecule has 0 amide bonds. The Balaban J connectivity index is 1.85. The summed E-state index contributed by atoms with van der Waals surface area (Å²) in [6.45, 7) is 1.72. The molecule has 0 fully saturated rings. The molecule has 0 radical (unpaired) electrons. The van der Waals surface area contributed by atoms with Gasteiger partial charge in [0, 0.05) is 11.8 Å². The summed E-state index contributed by atoms with van der Waals surface area (Å²) >= 11 is 0. The first kappa shape index (κ1) is 20.3. The maximum Gasteiger partial charge on any atom is 0.225 e. The summed E-state index contributed by atoms with van der Waals surface area (Å²) in [5.74, 6) is -1.64. The SMILES string of the molecule is Cc1ccc(C(=NCc2cc(F)cc(F)c2)NO)c(OCc2cccc(F)c2)n1. The number of hydrogen-bond donors (Lipinski definition) is 2. The van der Waals surface area contributed by atoms with E-state index in [-0.39, 0.29) is 36.2 Å². The number of aliphatic imine (C=N–C) groups is 1. The molecule has 8 heteroatoms. The van der Waals surface area contributed by atoms with E-state index in [9.17, 15) is 18.4 Å². The summed E-state index contributed by atoms with van der Waals surface area (Å²) in [5.41, 5.74) is 3.86. The summed E-state index contributed by atoms with van der Waals surface area (Å²) in [5, 5.41) is 9.52. The van der Waals surface area contributed by atoms with E-state index in [1.54, 1.807) is 31.2 Å². The minimum absolute atomic E-state index is 0.0106. The third kappa shape index (κ3) is 5.55. The van der Waals surface area contributed by atoms with Crippen LogP contribution in [0, 0.1) is 24.4 Å². The molecule has 0 atom stereocenters. The zero-order valence-corrected chi connectivity index (χ0v) is 15.5. The molecule has 29 heavy (non-hydrogen) atoms. The van der Waals surface area contributed by atoms with E-state index >= 15 is 0 Å². The molecule has 1 heterocycles. The molecule has 1 aromatic heterocycles. The van der Waals surface area contributed by atoms with Crippen molar-refractivity contribution in [2.45, 2.75) is 20.1 Å². The van der Waals surface area contributed by atoms with Crippen molar-refractivity contribution in [3.63, 3.8) is 0 Å². The van der Waals surface area contributed by atoms with Crippen LogP contribution in [0.25, 0.3) is 0 Å². The van der Waals surface area contributed by atoms with Gasteiger partial charge in [-0.05, 0) is 54.4 Å². The van der Waals surface area contributed by atoms with Crippen LogP contribution in [-0.2, 0) is 13.2 Å². The molecule has 3 aromatic rings. The Bertz CT molecular complexity index is 1020. The van der Waals surface area contributed by atoms with E-state index in [0.29, 0.717) is 16.8 Å². The lowest BCUT2D eigenvalue weighted by Gasteiger charge is -2.13. The highest BCUT2D eigenvalue weighted by Crippen LogP contribution is 2.19. The molecule has 0 aliphatic heterocycles. The number of pyridine rings is 1. The molecule has 0 aliphatic carbocycles. The molecule has 0 saturated heterocycles. The fourth-order valence-electron chi connectivity index (χ4n) is 2.65. The van der Waals surface area contributed by atoms with Crippen LogP contribution >= 0.6 is 0 Å². The van der Waals surface area contributed by atoms with E-state index in [2.05, 4.69) is 9.98 Å². The van der Waals surface area contributed by atoms with Crippen molar-refractivity contribution >= 4 is 5.84 Å². The van der Waals surface area contributed by atoms with Crippen LogP contribution in [-0.4, -0.2) is 16.0 Å². The number of hydrogen-bond acceptors (Lipinski definition) is 4. The normalized spacial score (nSPS) is 11.4. The van der Waals surface area contributed by atoms with Crippen molar-refractivity contribution in [2.75, 3.05) is 0 Å². The topological polar surface area (TPSA) is 66.7 Å². The Labute approximate surface area is 165 Å². The number of benzene rings is 2. The van der Waals surface area contributed by atoms with Crippen molar-refractivity contribution in [1.82, 2.24) is 10.5 Å². The number of ether oxygens (including phenoxy) is 1. The van der Waals surface area contributed by atoms with E-state index in [1.807, 2.05) is 5.48 Å². The first-order valence-electron chi connectivity index (χ1n) is 8.69. The van der Waals surface area contributed by atoms with Gasteiger partial charge in [0.05, 0.1) is 12.1 Å². The van der Waals surface area contributed by atoms with Crippen LogP contribution in [0.2, 0.25) is 0 Å². The predicted molar refractivity (Wildman–Crippen MR) is 101 cm³/mol. The van der Waals surface area contributed by atoms with Gasteiger partial charge in [0.2, 0.25) is 5.88 Å². The Morgan fingerprint density at radius 2 is 1.72 bits per heavy atom. The van der Waals surface area contributed by atoms with Gasteiger partial charge in [-0.25, -0.2) is 18.2 Å². The molecule has 0 aliphatic rings. The number of amidine groups is 1. The summed E-state index contributed by atoms with van der Waals surface area (Å²) in [4.78, 5) is 8.46. The zero-order chi connectivity index (χ0) is 20.8. The standard InChI is InChI=1S/C21H18F3N3O2/c1-13-5-6-19(21(26-13)29-12-14-3-2-4-16(22)7-14)20(27-28)25-11-15-8-17(23)10-18(24)9-15/h2-10,28H,11-12H2,1H3,(H,25,27). The van der Waals surface area contributed by atoms with Crippen LogP contribution in [0.5, 0.6) is 5.88 Å². The Kier molecular flexibility index (Phi) is 6.46. The number of hydroxylamine groups is 1. The molecule has 2 N–H and O–H groups in total. The summed E-state index contributed by atoms with van der Waals surface area (Å²) in [6.07, 6.45) is 0. The van der Waals surface area contributed by atoms with Crippen molar-refractivity contribution in [3.05, 3.63) is 94.4 Å². The van der Waals surface area contributed by atoms with Crippen LogP contribution in [0.15, 0.2) is 59.6 Å². The number of nitrogens with one attached hydrogen (secondary N) is 1. The van der Waals surface area contributed by atoms with Crippen molar-refractivity contribution in [3.8, 4) is 5.88 Å². The smallest absolute Gasteiger partial charge is 0.225 e. The lowest BCUT2D eigenvalue weighted by atomic mass is 10.2. The quantitative estimate of drug-likeness (QED) is 0.367. The second-order valence-electron chi connectivity index (χ2n) is 6.28. The first-order chi connectivity index (χ1) is 13.9. The number of nitrogens with zero attached hydrogens (tertiary/aromatic N) is 2. The molecule has 150 valence electrons. The van der Waals surface area contributed by atoms with Gasteiger partial charge in [0.15, 0.2) is 5.84 Å². The fourth-order valence-corrected chi connectivity index (χ4v) is 2.65. The fraction of sp³-hybridized carbons (Fsp3) is 0.143. The molecule has 3 rings (SSSR count). The van der Waals surface area contributed by atoms with Gasteiger partial charge in [-0.2, -0.15) is 0 Å². The highest BCUT2D eigenvalue weighted by atomic mass is 19.1. The summed E-state index contributed by atoms with van der Waals surface area (Å²) in [6, 6.07) is 12.3. The van der Waals surface area contributed by atoms with Gasteiger partial charge in [0.25, 0.3) is 0 Å². The van der Waals surface area contributed by atoms with Gasteiger partial charge in [-0.15, -0.1) is 0 Å². The highest BCUT2D eigenvalue weighted by Gasteiger charge is 2.13. The lowest BCUT2D eigenvalue weighted by Crippen LogP contribution is -2.22. The van der Waals surface area contributed by atoms with Gasteiger partial charge in [-0.1, -0.05) is 12.1 Å². The molecule has 2 aromatic carbocycles. The van der Waals surface area contributed by atoms with Crippen molar-refractivity contribution in [2.24, 2.45) is 4.99 Å². The van der Waals surface area contributed by atoms with Gasteiger partial charge in [0.1, 0.15) is 24.1 Å². The van der Waals surface area contributed by atoms with Crippen LogP contribution < -0.4 is 10.2 Å². The predicted octanol–water partition coefficient (Wildman–Crippen LogP) is 4.31. The van der Waals surface area contributed by atoms with E-state index in [1.165, 1.54) is 12.1 Å². The Morgan fingerprint density at radius 3 is 2.41 bits per heavy atom. The van der Waals surface area contributed by atoms with Gasteiger partial charge < -0.3 is 4.74 Å². The van der Waals surface area contributed by atoms with Gasteiger partial charge >= 0.3 is 0 Å². The van der Waals surface area contributed by atoms with E-state index < -0.39 is 11.6 Å². The monoisotopic (exact) mass is 401 g/mol. The summed E-state index contributed by atoms with van der Waals surface area (Å²) < 4.78 is 45.7. The third-order valence-electron chi connectivity index (χ3n) is 3.97. The Morgan fingerprint density at radius 1 is 1.00 bits per heavy atom. The number of aryl methyl sites for hydroxylation is 1. The number of halogens is 3.